The number of anilines is 1. The van der Waals surface area contributed by atoms with Crippen molar-refractivity contribution in [1.82, 2.24) is 5.32 Å². The summed E-state index contributed by atoms with van der Waals surface area (Å²) in [5.41, 5.74) is 2.66. The summed E-state index contributed by atoms with van der Waals surface area (Å²) in [5.74, 6) is 0.704. The maximum Gasteiger partial charge on any atom is 0.315 e. The van der Waals surface area contributed by atoms with Crippen LogP contribution < -0.4 is 10.2 Å². The van der Waals surface area contributed by atoms with Gasteiger partial charge in [0.15, 0.2) is 0 Å². The normalized spacial score (nSPS) is 16.1. The van der Waals surface area contributed by atoms with Gasteiger partial charge in [-0.05, 0) is 25.0 Å². The Morgan fingerprint density at radius 3 is 2.96 bits per heavy atom. The molecular weight excluding hydrogens is 312 g/mol. The van der Waals surface area contributed by atoms with Crippen molar-refractivity contribution in [3.63, 3.8) is 0 Å². The number of amides is 1. The van der Waals surface area contributed by atoms with Gasteiger partial charge in [-0.2, -0.15) is 0 Å². The van der Waals surface area contributed by atoms with Crippen LogP contribution in [0.15, 0.2) is 24.3 Å². The average Bonchev–Trinajstić information content (AvgIpc) is 2.87. The third-order valence-electron chi connectivity index (χ3n) is 3.94. The van der Waals surface area contributed by atoms with Crippen LogP contribution >= 0.6 is 11.8 Å². The SMILES string of the molecule is COC(=O)CSCCC(=O)NCCN1c2ccccc2CC1C. The number of hydrogen-bond donors (Lipinski definition) is 1. The average molecular weight is 336 g/mol. The third kappa shape index (κ3) is 5.16. The minimum Gasteiger partial charge on any atom is -0.468 e. The molecule has 6 heteroatoms. The van der Waals surface area contributed by atoms with Crippen LogP contribution in [0.2, 0.25) is 0 Å². The molecule has 1 amide bonds. The van der Waals surface area contributed by atoms with E-state index in [1.165, 1.54) is 30.1 Å². The number of fused-ring (bicyclic) bond motifs is 1. The van der Waals surface area contributed by atoms with E-state index in [-0.39, 0.29) is 11.9 Å². The number of methoxy groups -OCH3 is 1. The molecule has 1 atom stereocenters. The quantitative estimate of drug-likeness (QED) is 0.580. The number of para-hydroxylation sites is 1. The number of rotatable bonds is 8. The van der Waals surface area contributed by atoms with E-state index in [4.69, 9.17) is 0 Å². The fourth-order valence-corrected chi connectivity index (χ4v) is 3.51. The molecule has 1 heterocycles. The molecule has 1 aliphatic rings. The summed E-state index contributed by atoms with van der Waals surface area (Å²) in [5, 5.41) is 2.95. The van der Waals surface area contributed by atoms with E-state index < -0.39 is 0 Å². The summed E-state index contributed by atoms with van der Waals surface area (Å²) in [6.07, 6.45) is 1.49. The van der Waals surface area contributed by atoms with E-state index in [9.17, 15) is 9.59 Å². The highest BCUT2D eigenvalue weighted by atomic mass is 32.2. The van der Waals surface area contributed by atoms with Gasteiger partial charge in [-0.1, -0.05) is 18.2 Å². The van der Waals surface area contributed by atoms with Gasteiger partial charge in [0, 0.05) is 37.0 Å². The maximum atomic E-state index is 11.8. The van der Waals surface area contributed by atoms with Crippen molar-refractivity contribution in [1.29, 1.82) is 0 Å². The second kappa shape index (κ2) is 8.82. The van der Waals surface area contributed by atoms with Crippen molar-refractivity contribution >= 4 is 29.3 Å². The molecule has 23 heavy (non-hydrogen) atoms. The second-order valence-corrected chi connectivity index (χ2v) is 6.71. The Labute approximate surface area is 141 Å². The molecule has 5 nitrogen and oxygen atoms in total. The van der Waals surface area contributed by atoms with Crippen LogP contribution in [0.5, 0.6) is 0 Å². The lowest BCUT2D eigenvalue weighted by molar-refractivity contribution is -0.137. The number of nitrogens with zero attached hydrogens (tertiary/aromatic N) is 1. The zero-order valence-electron chi connectivity index (χ0n) is 13.7. The molecule has 1 aliphatic heterocycles. The fourth-order valence-electron chi connectivity index (χ4n) is 2.75. The van der Waals surface area contributed by atoms with E-state index in [0.717, 1.165) is 13.0 Å². The van der Waals surface area contributed by atoms with Crippen LogP contribution in [0.3, 0.4) is 0 Å². The number of esters is 1. The molecule has 0 bridgehead atoms. The van der Waals surface area contributed by atoms with Crippen LogP contribution in [0.1, 0.15) is 18.9 Å². The first-order valence-corrected chi connectivity index (χ1v) is 9.03. The fraction of sp³-hybridized carbons (Fsp3) is 0.529. The van der Waals surface area contributed by atoms with Crippen molar-refractivity contribution in [2.24, 2.45) is 0 Å². The van der Waals surface area contributed by atoms with E-state index in [0.29, 0.717) is 30.5 Å². The molecule has 1 aromatic carbocycles. The summed E-state index contributed by atoms with van der Waals surface area (Å²) in [6.45, 7) is 3.67. The lowest BCUT2D eigenvalue weighted by Gasteiger charge is -2.25. The maximum absolute atomic E-state index is 11.8. The Morgan fingerprint density at radius 1 is 1.39 bits per heavy atom. The number of thioether (sulfide) groups is 1. The molecule has 1 aromatic rings. The monoisotopic (exact) mass is 336 g/mol. The first-order valence-electron chi connectivity index (χ1n) is 7.87. The first-order chi connectivity index (χ1) is 11.1. The Balaban J connectivity index is 1.65. The minimum absolute atomic E-state index is 0.0301. The van der Waals surface area contributed by atoms with Crippen LogP contribution in [0, 0.1) is 0 Å². The second-order valence-electron chi connectivity index (χ2n) is 5.60. The zero-order valence-corrected chi connectivity index (χ0v) is 14.5. The molecule has 0 aromatic heterocycles. The first kappa shape index (κ1) is 17.7. The Hall–Kier alpha value is -1.69. The summed E-state index contributed by atoms with van der Waals surface area (Å²) >= 11 is 1.42. The number of ether oxygens (including phenoxy) is 1. The number of carbonyl (C=O) groups is 2. The predicted octanol–water partition coefficient (Wildman–Crippen LogP) is 1.85. The summed E-state index contributed by atoms with van der Waals surface area (Å²) in [7, 11) is 1.37. The number of hydrogen-bond acceptors (Lipinski definition) is 5. The zero-order chi connectivity index (χ0) is 16.7. The van der Waals surface area contributed by atoms with Crippen molar-refractivity contribution in [2.45, 2.75) is 25.8 Å². The number of nitrogens with one attached hydrogen (secondary N) is 1. The van der Waals surface area contributed by atoms with Crippen LogP contribution in [-0.4, -0.2) is 49.6 Å². The Morgan fingerprint density at radius 2 is 2.17 bits per heavy atom. The van der Waals surface area contributed by atoms with Gasteiger partial charge in [-0.15, -0.1) is 11.8 Å². The van der Waals surface area contributed by atoms with Gasteiger partial charge in [0.25, 0.3) is 0 Å². The van der Waals surface area contributed by atoms with Crippen molar-refractivity contribution in [3.8, 4) is 0 Å². The molecule has 126 valence electrons. The molecule has 0 radical (unpaired) electrons. The largest absolute Gasteiger partial charge is 0.468 e. The highest BCUT2D eigenvalue weighted by Gasteiger charge is 2.24. The van der Waals surface area contributed by atoms with Crippen LogP contribution in [0.4, 0.5) is 5.69 Å². The van der Waals surface area contributed by atoms with Gasteiger partial charge in [0.1, 0.15) is 0 Å². The van der Waals surface area contributed by atoms with E-state index in [2.05, 4.69) is 46.1 Å². The molecule has 2 rings (SSSR count). The highest BCUT2D eigenvalue weighted by Crippen LogP contribution is 2.31. The molecule has 0 spiro atoms. The summed E-state index contributed by atoms with van der Waals surface area (Å²) in [6, 6.07) is 8.91. The smallest absolute Gasteiger partial charge is 0.315 e. The van der Waals surface area contributed by atoms with Crippen LogP contribution in [-0.2, 0) is 20.7 Å². The number of benzene rings is 1. The van der Waals surface area contributed by atoms with Gasteiger partial charge < -0.3 is 15.0 Å². The van der Waals surface area contributed by atoms with E-state index in [1.54, 1.807) is 0 Å². The van der Waals surface area contributed by atoms with Gasteiger partial charge in [-0.25, -0.2) is 0 Å². The van der Waals surface area contributed by atoms with Gasteiger partial charge in [0.2, 0.25) is 5.91 Å². The van der Waals surface area contributed by atoms with Gasteiger partial charge >= 0.3 is 5.97 Å². The molecule has 1 N–H and O–H groups in total. The molecule has 0 saturated carbocycles. The van der Waals surface area contributed by atoms with Gasteiger partial charge in [-0.3, -0.25) is 9.59 Å². The van der Waals surface area contributed by atoms with Crippen LogP contribution in [0.25, 0.3) is 0 Å². The topological polar surface area (TPSA) is 58.6 Å². The Bertz CT molecular complexity index is 550. The highest BCUT2D eigenvalue weighted by molar-refractivity contribution is 7.99. The lowest BCUT2D eigenvalue weighted by atomic mass is 10.1. The predicted molar refractivity (Wildman–Crippen MR) is 93.9 cm³/mol. The lowest BCUT2D eigenvalue weighted by Crippen LogP contribution is -2.37. The minimum atomic E-state index is -0.253. The molecule has 0 aliphatic carbocycles. The van der Waals surface area contributed by atoms with E-state index >= 15 is 0 Å². The van der Waals surface area contributed by atoms with Crippen molar-refractivity contribution < 1.29 is 14.3 Å². The van der Waals surface area contributed by atoms with Crippen molar-refractivity contribution in [3.05, 3.63) is 29.8 Å². The molecular formula is C17H24N2O3S. The van der Waals surface area contributed by atoms with E-state index in [1.807, 2.05) is 0 Å². The Kier molecular flexibility index (Phi) is 6.77. The third-order valence-corrected chi connectivity index (χ3v) is 4.88. The molecule has 1 unspecified atom stereocenters. The standard InChI is InChI=1S/C17H24N2O3S/c1-13-11-14-5-3-4-6-15(14)19(13)9-8-18-16(20)7-10-23-12-17(21)22-2/h3-6,13H,7-12H2,1-2H3,(H,18,20). The molecule has 0 saturated heterocycles. The summed E-state index contributed by atoms with van der Waals surface area (Å²) in [4.78, 5) is 25.1. The molecule has 0 fully saturated rings. The number of carbonyl (C=O) groups excluding carboxylic acids is 2. The summed E-state index contributed by atoms with van der Waals surface area (Å²) < 4.78 is 4.55. The van der Waals surface area contributed by atoms with Crippen molar-refractivity contribution in [2.75, 3.05) is 36.6 Å². The van der Waals surface area contributed by atoms with Gasteiger partial charge in [0.05, 0.1) is 12.9 Å².